The second kappa shape index (κ2) is 6.80. The molecule has 5 nitrogen and oxygen atoms in total. The molecule has 0 aliphatic carbocycles. The maximum Gasteiger partial charge on any atom is 0.416 e. The standard InChI is InChI=1S/C16H20F3N3O2/c1-15(14(20)24,21-10-13(23)22-7-2-3-8-22)11-5-4-6-12(9-11)16(17,18)19/h4-6,9,21H,2-3,7-8,10H2,1H3,(H2,20,24)/t15-/m1/s1. The Balaban J connectivity index is 2.21. The summed E-state index contributed by atoms with van der Waals surface area (Å²) in [6, 6.07) is 4.38. The molecule has 0 saturated carbocycles. The van der Waals surface area contributed by atoms with Gasteiger partial charge in [0.1, 0.15) is 5.54 Å². The van der Waals surface area contributed by atoms with Crippen LogP contribution in [0.3, 0.4) is 0 Å². The molecule has 24 heavy (non-hydrogen) atoms. The molecule has 1 atom stereocenters. The molecule has 3 N–H and O–H groups in total. The van der Waals surface area contributed by atoms with Gasteiger partial charge < -0.3 is 10.6 Å². The van der Waals surface area contributed by atoms with Crippen molar-refractivity contribution in [1.82, 2.24) is 10.2 Å². The topological polar surface area (TPSA) is 75.4 Å². The van der Waals surface area contributed by atoms with Crippen LogP contribution in [-0.4, -0.2) is 36.3 Å². The van der Waals surface area contributed by atoms with Crippen molar-refractivity contribution in [2.45, 2.75) is 31.5 Å². The van der Waals surface area contributed by atoms with Crippen molar-refractivity contribution < 1.29 is 22.8 Å². The molecule has 2 amide bonds. The lowest BCUT2D eigenvalue weighted by Crippen LogP contribution is -2.53. The number of alkyl halides is 3. The Kier molecular flexibility index (Phi) is 5.17. The van der Waals surface area contributed by atoms with Gasteiger partial charge in [-0.3, -0.25) is 14.9 Å². The Morgan fingerprint density at radius 3 is 2.33 bits per heavy atom. The number of nitrogens with zero attached hydrogens (tertiary/aromatic N) is 1. The van der Waals surface area contributed by atoms with Crippen LogP contribution in [0.4, 0.5) is 13.2 Å². The van der Waals surface area contributed by atoms with E-state index in [1.165, 1.54) is 19.1 Å². The Bertz CT molecular complexity index is 627. The summed E-state index contributed by atoms with van der Waals surface area (Å²) in [6.07, 6.45) is -2.68. The average Bonchev–Trinajstić information content (AvgIpc) is 3.06. The van der Waals surface area contributed by atoms with Gasteiger partial charge in [0, 0.05) is 13.1 Å². The smallest absolute Gasteiger partial charge is 0.368 e. The molecule has 0 radical (unpaired) electrons. The molecule has 1 aromatic rings. The average molecular weight is 343 g/mol. The van der Waals surface area contributed by atoms with Gasteiger partial charge in [0.05, 0.1) is 12.1 Å². The van der Waals surface area contributed by atoms with E-state index in [1.54, 1.807) is 4.90 Å². The number of likely N-dealkylation sites (tertiary alicyclic amines) is 1. The van der Waals surface area contributed by atoms with E-state index < -0.39 is 23.2 Å². The molecule has 132 valence electrons. The van der Waals surface area contributed by atoms with Gasteiger partial charge in [-0.25, -0.2) is 0 Å². The fraction of sp³-hybridized carbons (Fsp3) is 0.500. The number of hydrogen-bond donors (Lipinski definition) is 2. The van der Waals surface area contributed by atoms with Gasteiger partial charge in [0.15, 0.2) is 0 Å². The summed E-state index contributed by atoms with van der Waals surface area (Å²) < 4.78 is 38.6. The van der Waals surface area contributed by atoms with Crippen LogP contribution in [0.15, 0.2) is 24.3 Å². The Morgan fingerprint density at radius 1 is 1.21 bits per heavy atom. The number of amides is 2. The first-order chi connectivity index (χ1) is 11.1. The molecule has 0 unspecified atom stereocenters. The van der Waals surface area contributed by atoms with Crippen molar-refractivity contribution in [1.29, 1.82) is 0 Å². The summed E-state index contributed by atoms with van der Waals surface area (Å²) in [6.45, 7) is 2.51. The SMILES string of the molecule is C[C@](NCC(=O)N1CCCC1)(C(N)=O)c1cccc(C(F)(F)F)c1. The van der Waals surface area contributed by atoms with E-state index in [4.69, 9.17) is 5.73 Å². The number of halogens is 3. The van der Waals surface area contributed by atoms with Crippen molar-refractivity contribution >= 4 is 11.8 Å². The van der Waals surface area contributed by atoms with Gasteiger partial charge in [0.2, 0.25) is 11.8 Å². The van der Waals surface area contributed by atoms with E-state index in [0.717, 1.165) is 25.0 Å². The zero-order valence-corrected chi connectivity index (χ0v) is 13.3. The third kappa shape index (κ3) is 3.87. The van der Waals surface area contributed by atoms with Crippen LogP contribution < -0.4 is 11.1 Å². The molecular weight excluding hydrogens is 323 g/mol. The molecule has 1 aromatic carbocycles. The lowest BCUT2D eigenvalue weighted by atomic mass is 9.89. The van der Waals surface area contributed by atoms with Gasteiger partial charge in [-0.15, -0.1) is 0 Å². The molecular formula is C16H20F3N3O2. The summed E-state index contributed by atoms with van der Waals surface area (Å²) in [4.78, 5) is 25.6. The third-order valence-electron chi connectivity index (χ3n) is 4.31. The molecule has 0 aromatic heterocycles. The minimum Gasteiger partial charge on any atom is -0.368 e. The normalized spacial score (nSPS) is 17.6. The predicted octanol–water partition coefficient (Wildman–Crippen LogP) is 1.62. The van der Waals surface area contributed by atoms with E-state index in [2.05, 4.69) is 5.32 Å². The molecule has 1 heterocycles. The van der Waals surface area contributed by atoms with Gasteiger partial charge >= 0.3 is 6.18 Å². The maximum atomic E-state index is 12.9. The summed E-state index contributed by atoms with van der Waals surface area (Å²) in [5.74, 6) is -1.05. The van der Waals surface area contributed by atoms with Gasteiger partial charge in [0.25, 0.3) is 0 Å². The van der Waals surface area contributed by atoms with Gasteiger partial charge in [-0.2, -0.15) is 13.2 Å². The first-order valence-corrected chi connectivity index (χ1v) is 7.65. The van der Waals surface area contributed by atoms with Gasteiger partial charge in [-0.1, -0.05) is 12.1 Å². The fourth-order valence-electron chi connectivity index (χ4n) is 2.67. The van der Waals surface area contributed by atoms with Crippen molar-refractivity contribution in [3.05, 3.63) is 35.4 Å². The first kappa shape index (κ1) is 18.3. The van der Waals surface area contributed by atoms with Crippen molar-refractivity contribution in [3.63, 3.8) is 0 Å². The summed E-state index contributed by atoms with van der Waals surface area (Å²) in [7, 11) is 0. The fourth-order valence-corrected chi connectivity index (χ4v) is 2.67. The molecule has 1 saturated heterocycles. The van der Waals surface area contributed by atoms with E-state index >= 15 is 0 Å². The highest BCUT2D eigenvalue weighted by Crippen LogP contribution is 2.32. The molecule has 1 fully saturated rings. The van der Waals surface area contributed by atoms with Crippen LogP contribution in [0.5, 0.6) is 0 Å². The molecule has 2 rings (SSSR count). The van der Waals surface area contributed by atoms with Crippen LogP contribution in [-0.2, 0) is 21.3 Å². The number of carbonyl (C=O) groups excluding carboxylic acids is 2. The molecule has 0 bridgehead atoms. The Labute approximate surface area is 138 Å². The lowest BCUT2D eigenvalue weighted by Gasteiger charge is -2.29. The van der Waals surface area contributed by atoms with Crippen LogP contribution in [0.2, 0.25) is 0 Å². The summed E-state index contributed by atoms with van der Waals surface area (Å²) in [5, 5.41) is 2.73. The van der Waals surface area contributed by atoms with Crippen molar-refractivity contribution in [2.24, 2.45) is 5.73 Å². The molecule has 1 aliphatic heterocycles. The maximum absolute atomic E-state index is 12.9. The zero-order valence-electron chi connectivity index (χ0n) is 13.3. The highest BCUT2D eigenvalue weighted by molar-refractivity contribution is 5.87. The highest BCUT2D eigenvalue weighted by atomic mass is 19.4. The largest absolute Gasteiger partial charge is 0.416 e. The number of hydrogen-bond acceptors (Lipinski definition) is 3. The van der Waals surface area contributed by atoms with Crippen LogP contribution in [0.1, 0.15) is 30.9 Å². The lowest BCUT2D eigenvalue weighted by molar-refractivity contribution is -0.138. The monoisotopic (exact) mass is 343 g/mol. The molecule has 1 aliphatic rings. The van der Waals surface area contributed by atoms with Crippen molar-refractivity contribution in [2.75, 3.05) is 19.6 Å². The van der Waals surface area contributed by atoms with Crippen LogP contribution >= 0.6 is 0 Å². The number of nitrogens with one attached hydrogen (secondary N) is 1. The third-order valence-corrected chi connectivity index (χ3v) is 4.31. The van der Waals surface area contributed by atoms with Gasteiger partial charge in [-0.05, 0) is 37.5 Å². The van der Waals surface area contributed by atoms with E-state index in [-0.39, 0.29) is 18.0 Å². The van der Waals surface area contributed by atoms with Crippen LogP contribution in [0, 0.1) is 0 Å². The van der Waals surface area contributed by atoms with E-state index in [0.29, 0.717) is 13.1 Å². The highest BCUT2D eigenvalue weighted by Gasteiger charge is 2.37. The molecule has 0 spiro atoms. The minimum absolute atomic E-state index is 0.0686. The Hall–Kier alpha value is -2.09. The number of benzene rings is 1. The van der Waals surface area contributed by atoms with Crippen molar-refractivity contribution in [3.8, 4) is 0 Å². The number of rotatable bonds is 5. The Morgan fingerprint density at radius 2 is 1.79 bits per heavy atom. The summed E-state index contributed by atoms with van der Waals surface area (Å²) in [5.41, 5.74) is 3.02. The van der Waals surface area contributed by atoms with E-state index in [9.17, 15) is 22.8 Å². The predicted molar refractivity (Wildman–Crippen MR) is 81.8 cm³/mol. The first-order valence-electron chi connectivity index (χ1n) is 7.65. The number of nitrogens with two attached hydrogens (primary N) is 1. The minimum atomic E-state index is -4.53. The summed E-state index contributed by atoms with van der Waals surface area (Å²) >= 11 is 0. The second-order valence-corrected chi connectivity index (χ2v) is 6.01. The number of primary amides is 1. The quantitative estimate of drug-likeness (QED) is 0.853. The second-order valence-electron chi connectivity index (χ2n) is 6.01. The zero-order chi connectivity index (χ0) is 18.0. The molecule has 8 heteroatoms. The van der Waals surface area contributed by atoms with Crippen LogP contribution in [0.25, 0.3) is 0 Å². The van der Waals surface area contributed by atoms with E-state index in [1.807, 2.05) is 0 Å². The number of carbonyl (C=O) groups is 2.